The Kier molecular flexibility index (Phi) is 6.23. The van der Waals surface area contributed by atoms with E-state index >= 15 is 0 Å². The predicted octanol–water partition coefficient (Wildman–Crippen LogP) is 2.54. The van der Waals surface area contributed by atoms with Crippen LogP contribution in [-0.2, 0) is 17.6 Å². The Morgan fingerprint density at radius 2 is 1.74 bits per heavy atom. The van der Waals surface area contributed by atoms with Gasteiger partial charge in [0.25, 0.3) is 0 Å². The van der Waals surface area contributed by atoms with Gasteiger partial charge in [-0.1, -0.05) is 42.5 Å². The van der Waals surface area contributed by atoms with Crippen LogP contribution in [0, 0.1) is 11.6 Å². The highest BCUT2D eigenvalue weighted by Gasteiger charge is 2.17. The van der Waals surface area contributed by atoms with Crippen molar-refractivity contribution in [2.45, 2.75) is 12.8 Å². The van der Waals surface area contributed by atoms with Crippen molar-refractivity contribution < 1.29 is 13.6 Å². The third kappa shape index (κ3) is 4.86. The minimum absolute atomic E-state index is 0.0664. The minimum atomic E-state index is -0.961. The fourth-order valence-electron chi connectivity index (χ4n) is 2.39. The van der Waals surface area contributed by atoms with Crippen LogP contribution in [0.5, 0.6) is 0 Å². The van der Waals surface area contributed by atoms with Crippen molar-refractivity contribution in [1.82, 2.24) is 4.90 Å². The Morgan fingerprint density at radius 1 is 1.00 bits per heavy atom. The van der Waals surface area contributed by atoms with E-state index < -0.39 is 11.6 Å². The SMILES string of the molecule is NCCN(CCc1ccccc1)C(=O)Cc1cccc(F)c1F. The number of halogens is 2. The third-order valence-corrected chi connectivity index (χ3v) is 3.64. The van der Waals surface area contributed by atoms with Gasteiger partial charge >= 0.3 is 0 Å². The fourth-order valence-corrected chi connectivity index (χ4v) is 2.39. The molecular formula is C18H20F2N2O. The van der Waals surface area contributed by atoms with Gasteiger partial charge in [-0.2, -0.15) is 0 Å². The van der Waals surface area contributed by atoms with E-state index in [0.29, 0.717) is 26.1 Å². The van der Waals surface area contributed by atoms with Crippen LogP contribution in [0.2, 0.25) is 0 Å². The van der Waals surface area contributed by atoms with Crippen LogP contribution in [0.4, 0.5) is 8.78 Å². The summed E-state index contributed by atoms with van der Waals surface area (Å²) < 4.78 is 26.9. The zero-order chi connectivity index (χ0) is 16.7. The topological polar surface area (TPSA) is 46.3 Å². The lowest BCUT2D eigenvalue weighted by Crippen LogP contribution is -2.38. The quantitative estimate of drug-likeness (QED) is 0.853. The number of carbonyl (C=O) groups excluding carboxylic acids is 1. The van der Waals surface area contributed by atoms with E-state index in [-0.39, 0.29) is 17.9 Å². The molecule has 0 saturated carbocycles. The highest BCUT2D eigenvalue weighted by molar-refractivity contribution is 5.78. The Balaban J connectivity index is 2.01. The zero-order valence-electron chi connectivity index (χ0n) is 12.8. The second-order valence-corrected chi connectivity index (χ2v) is 5.29. The number of amides is 1. The number of carbonyl (C=O) groups is 1. The molecule has 0 radical (unpaired) electrons. The first-order valence-corrected chi connectivity index (χ1v) is 7.56. The van der Waals surface area contributed by atoms with Gasteiger partial charge in [0.2, 0.25) is 5.91 Å². The second-order valence-electron chi connectivity index (χ2n) is 5.29. The average molecular weight is 318 g/mol. The summed E-state index contributed by atoms with van der Waals surface area (Å²) in [5.41, 5.74) is 6.73. The van der Waals surface area contributed by atoms with E-state index in [9.17, 15) is 13.6 Å². The molecule has 0 heterocycles. The van der Waals surface area contributed by atoms with Crippen LogP contribution in [0.25, 0.3) is 0 Å². The first kappa shape index (κ1) is 17.1. The molecule has 0 aliphatic rings. The number of nitrogens with zero attached hydrogens (tertiary/aromatic N) is 1. The molecule has 2 aromatic carbocycles. The van der Waals surface area contributed by atoms with Crippen LogP contribution in [-0.4, -0.2) is 30.4 Å². The molecule has 3 nitrogen and oxygen atoms in total. The van der Waals surface area contributed by atoms with Crippen molar-refractivity contribution in [1.29, 1.82) is 0 Å². The Morgan fingerprint density at radius 3 is 2.43 bits per heavy atom. The molecule has 2 aromatic rings. The Labute approximate surface area is 134 Å². The molecule has 23 heavy (non-hydrogen) atoms. The largest absolute Gasteiger partial charge is 0.341 e. The number of nitrogens with two attached hydrogens (primary N) is 1. The van der Waals surface area contributed by atoms with Crippen molar-refractivity contribution in [3.8, 4) is 0 Å². The first-order valence-electron chi connectivity index (χ1n) is 7.56. The molecule has 5 heteroatoms. The number of rotatable bonds is 7. The van der Waals surface area contributed by atoms with Gasteiger partial charge in [-0.05, 0) is 18.1 Å². The molecule has 0 fully saturated rings. The number of hydrogen-bond donors (Lipinski definition) is 1. The summed E-state index contributed by atoms with van der Waals surface area (Å²) in [5.74, 6) is -2.16. The molecule has 0 aromatic heterocycles. The third-order valence-electron chi connectivity index (χ3n) is 3.64. The molecule has 2 N–H and O–H groups in total. The minimum Gasteiger partial charge on any atom is -0.341 e. The van der Waals surface area contributed by atoms with Gasteiger partial charge in [-0.25, -0.2) is 8.78 Å². The standard InChI is InChI=1S/C18H20F2N2O/c19-16-8-4-7-15(18(16)20)13-17(23)22(12-10-21)11-9-14-5-2-1-3-6-14/h1-8H,9-13,21H2. The molecule has 0 aliphatic heterocycles. The maximum Gasteiger partial charge on any atom is 0.227 e. The van der Waals surface area contributed by atoms with Crippen LogP contribution in [0.3, 0.4) is 0 Å². The molecular weight excluding hydrogens is 298 g/mol. The van der Waals surface area contributed by atoms with Crippen molar-refractivity contribution in [3.05, 3.63) is 71.3 Å². The lowest BCUT2D eigenvalue weighted by molar-refractivity contribution is -0.130. The first-order chi connectivity index (χ1) is 11.1. The molecule has 0 saturated heterocycles. The van der Waals surface area contributed by atoms with Crippen molar-refractivity contribution in [2.24, 2.45) is 5.73 Å². The Hall–Kier alpha value is -2.27. The van der Waals surface area contributed by atoms with Crippen molar-refractivity contribution in [2.75, 3.05) is 19.6 Å². The van der Waals surface area contributed by atoms with Gasteiger partial charge < -0.3 is 10.6 Å². The van der Waals surface area contributed by atoms with Gasteiger partial charge in [0, 0.05) is 25.2 Å². The van der Waals surface area contributed by atoms with E-state index in [1.165, 1.54) is 12.1 Å². The van der Waals surface area contributed by atoms with E-state index in [0.717, 1.165) is 11.6 Å². The maximum atomic E-state index is 13.7. The summed E-state index contributed by atoms with van der Waals surface area (Å²) in [5, 5.41) is 0. The predicted molar refractivity (Wildman–Crippen MR) is 85.8 cm³/mol. The summed E-state index contributed by atoms with van der Waals surface area (Å²) >= 11 is 0. The normalized spacial score (nSPS) is 10.6. The van der Waals surface area contributed by atoms with E-state index in [2.05, 4.69) is 0 Å². The molecule has 1 amide bonds. The summed E-state index contributed by atoms with van der Waals surface area (Å²) in [6, 6.07) is 13.6. The van der Waals surface area contributed by atoms with Gasteiger partial charge in [0.15, 0.2) is 11.6 Å². The molecule has 0 atom stereocenters. The van der Waals surface area contributed by atoms with Gasteiger partial charge in [0.05, 0.1) is 6.42 Å². The average Bonchev–Trinajstić information content (AvgIpc) is 2.56. The smallest absolute Gasteiger partial charge is 0.227 e. The summed E-state index contributed by atoms with van der Waals surface area (Å²) in [4.78, 5) is 14.0. The van der Waals surface area contributed by atoms with Crippen LogP contribution < -0.4 is 5.73 Å². The second kappa shape index (κ2) is 8.39. The van der Waals surface area contributed by atoms with Crippen LogP contribution in [0.1, 0.15) is 11.1 Å². The van der Waals surface area contributed by atoms with Gasteiger partial charge in [-0.15, -0.1) is 0 Å². The van der Waals surface area contributed by atoms with E-state index in [1.807, 2.05) is 30.3 Å². The van der Waals surface area contributed by atoms with Crippen LogP contribution >= 0.6 is 0 Å². The van der Waals surface area contributed by atoms with E-state index in [4.69, 9.17) is 5.73 Å². The molecule has 2 rings (SSSR count). The zero-order valence-corrected chi connectivity index (χ0v) is 12.8. The highest BCUT2D eigenvalue weighted by atomic mass is 19.2. The Bertz CT molecular complexity index is 647. The van der Waals surface area contributed by atoms with E-state index in [1.54, 1.807) is 4.90 Å². The lowest BCUT2D eigenvalue weighted by Gasteiger charge is -2.22. The highest BCUT2D eigenvalue weighted by Crippen LogP contribution is 2.13. The molecule has 0 bridgehead atoms. The molecule has 0 spiro atoms. The maximum absolute atomic E-state index is 13.7. The monoisotopic (exact) mass is 318 g/mol. The van der Waals surface area contributed by atoms with Crippen molar-refractivity contribution >= 4 is 5.91 Å². The van der Waals surface area contributed by atoms with Gasteiger partial charge in [-0.3, -0.25) is 4.79 Å². The van der Waals surface area contributed by atoms with Gasteiger partial charge in [0.1, 0.15) is 0 Å². The fraction of sp³-hybridized carbons (Fsp3) is 0.278. The molecule has 0 unspecified atom stereocenters. The van der Waals surface area contributed by atoms with Crippen LogP contribution in [0.15, 0.2) is 48.5 Å². The summed E-state index contributed by atoms with van der Waals surface area (Å²) in [7, 11) is 0. The molecule has 122 valence electrons. The molecule has 0 aliphatic carbocycles. The summed E-state index contributed by atoms with van der Waals surface area (Å²) in [6.45, 7) is 1.21. The summed E-state index contributed by atoms with van der Waals surface area (Å²) in [6.07, 6.45) is 0.524. The number of benzene rings is 2. The lowest BCUT2D eigenvalue weighted by atomic mass is 10.1. The number of hydrogen-bond acceptors (Lipinski definition) is 2. The van der Waals surface area contributed by atoms with Crippen molar-refractivity contribution in [3.63, 3.8) is 0 Å².